The molecule has 11 heavy (non-hydrogen) atoms. The second kappa shape index (κ2) is 5.52. The standard InChI is InChI=1S/C8H18O3/c1-8(6-10,7-11)4-2-3-5-9/h9-11H,2-7H2,1H3. The quantitative estimate of drug-likeness (QED) is 0.487. The van der Waals surface area contributed by atoms with Crippen molar-refractivity contribution in [3.8, 4) is 0 Å². The second-order valence-corrected chi connectivity index (χ2v) is 3.31. The molecule has 0 saturated carbocycles. The molecule has 3 N–H and O–H groups in total. The number of aliphatic hydroxyl groups excluding tert-OH is 3. The van der Waals surface area contributed by atoms with E-state index < -0.39 is 0 Å². The highest BCUT2D eigenvalue weighted by molar-refractivity contribution is 4.71. The molecular weight excluding hydrogens is 144 g/mol. The molecule has 0 fully saturated rings. The monoisotopic (exact) mass is 162 g/mol. The third-order valence-corrected chi connectivity index (χ3v) is 1.95. The second-order valence-electron chi connectivity index (χ2n) is 3.31. The van der Waals surface area contributed by atoms with E-state index in [0.29, 0.717) is 0 Å². The van der Waals surface area contributed by atoms with Crippen LogP contribution >= 0.6 is 0 Å². The average molecular weight is 162 g/mol. The van der Waals surface area contributed by atoms with Crippen molar-refractivity contribution in [2.45, 2.75) is 26.2 Å². The highest BCUT2D eigenvalue weighted by Gasteiger charge is 2.21. The van der Waals surface area contributed by atoms with Gasteiger partial charge in [0.05, 0.1) is 13.2 Å². The Morgan fingerprint density at radius 1 is 1.00 bits per heavy atom. The maximum absolute atomic E-state index is 8.86. The zero-order chi connectivity index (χ0) is 8.74. The lowest BCUT2D eigenvalue weighted by Gasteiger charge is -2.23. The minimum Gasteiger partial charge on any atom is -0.396 e. The van der Waals surface area contributed by atoms with Gasteiger partial charge >= 0.3 is 0 Å². The minimum atomic E-state index is -0.366. The lowest BCUT2D eigenvalue weighted by atomic mass is 9.87. The maximum Gasteiger partial charge on any atom is 0.0506 e. The number of hydrogen-bond donors (Lipinski definition) is 3. The molecule has 0 unspecified atom stereocenters. The first-order valence-corrected chi connectivity index (χ1v) is 4.01. The van der Waals surface area contributed by atoms with Gasteiger partial charge in [-0.05, 0) is 12.8 Å². The Kier molecular flexibility index (Phi) is 5.46. The number of aliphatic hydroxyl groups is 3. The molecule has 68 valence electrons. The first kappa shape index (κ1) is 10.9. The Bertz CT molecular complexity index is 89.3. The van der Waals surface area contributed by atoms with E-state index in [2.05, 4.69) is 0 Å². The van der Waals surface area contributed by atoms with E-state index in [4.69, 9.17) is 15.3 Å². The van der Waals surface area contributed by atoms with Crippen LogP contribution in [0.5, 0.6) is 0 Å². The average Bonchev–Trinajstić information content (AvgIpc) is 2.05. The summed E-state index contributed by atoms with van der Waals surface area (Å²) in [6.45, 7) is 2.04. The Morgan fingerprint density at radius 3 is 1.91 bits per heavy atom. The zero-order valence-corrected chi connectivity index (χ0v) is 7.08. The van der Waals surface area contributed by atoms with Gasteiger partial charge in [-0.25, -0.2) is 0 Å². The van der Waals surface area contributed by atoms with Gasteiger partial charge in [0.25, 0.3) is 0 Å². The van der Waals surface area contributed by atoms with Crippen LogP contribution in [0.1, 0.15) is 26.2 Å². The van der Waals surface area contributed by atoms with Crippen LogP contribution in [0.25, 0.3) is 0 Å². The highest BCUT2D eigenvalue weighted by atomic mass is 16.3. The molecule has 0 amide bonds. The van der Waals surface area contributed by atoms with E-state index in [9.17, 15) is 0 Å². The molecule has 0 saturated heterocycles. The molecule has 0 aromatic carbocycles. The first-order chi connectivity index (χ1) is 5.18. The first-order valence-electron chi connectivity index (χ1n) is 4.01. The molecule has 0 aliphatic carbocycles. The van der Waals surface area contributed by atoms with Crippen molar-refractivity contribution in [3.05, 3.63) is 0 Å². The molecular formula is C8H18O3. The molecule has 3 heteroatoms. The predicted molar refractivity (Wildman–Crippen MR) is 43.2 cm³/mol. The van der Waals surface area contributed by atoms with Crippen LogP contribution < -0.4 is 0 Å². The molecule has 0 aromatic heterocycles. The van der Waals surface area contributed by atoms with Crippen molar-refractivity contribution in [2.75, 3.05) is 19.8 Å². The van der Waals surface area contributed by atoms with Crippen molar-refractivity contribution < 1.29 is 15.3 Å². The van der Waals surface area contributed by atoms with Crippen molar-refractivity contribution in [1.29, 1.82) is 0 Å². The SMILES string of the molecule is CC(CO)(CO)CCCCO. The Morgan fingerprint density at radius 2 is 1.55 bits per heavy atom. The third-order valence-electron chi connectivity index (χ3n) is 1.95. The van der Waals surface area contributed by atoms with Crippen molar-refractivity contribution in [1.82, 2.24) is 0 Å². The van der Waals surface area contributed by atoms with Crippen molar-refractivity contribution >= 4 is 0 Å². The summed E-state index contributed by atoms with van der Waals surface area (Å²) in [6, 6.07) is 0. The van der Waals surface area contributed by atoms with E-state index in [-0.39, 0.29) is 25.2 Å². The summed E-state index contributed by atoms with van der Waals surface area (Å²) in [4.78, 5) is 0. The van der Waals surface area contributed by atoms with E-state index in [1.807, 2.05) is 6.92 Å². The fourth-order valence-electron chi connectivity index (χ4n) is 0.872. The number of hydrogen-bond acceptors (Lipinski definition) is 3. The molecule has 0 radical (unpaired) electrons. The molecule has 0 atom stereocenters. The van der Waals surface area contributed by atoms with E-state index in [1.165, 1.54) is 0 Å². The summed E-state index contributed by atoms with van der Waals surface area (Å²) >= 11 is 0. The summed E-state index contributed by atoms with van der Waals surface area (Å²) < 4.78 is 0. The smallest absolute Gasteiger partial charge is 0.0506 e. The Labute approximate surface area is 67.7 Å². The molecule has 0 aliphatic heterocycles. The number of rotatable bonds is 6. The van der Waals surface area contributed by atoms with Crippen LogP contribution in [-0.2, 0) is 0 Å². The lowest BCUT2D eigenvalue weighted by Crippen LogP contribution is -2.25. The molecule has 0 aromatic rings. The van der Waals surface area contributed by atoms with E-state index >= 15 is 0 Å². The van der Waals surface area contributed by atoms with Gasteiger partial charge in [-0.15, -0.1) is 0 Å². The summed E-state index contributed by atoms with van der Waals surface area (Å²) in [5, 5.41) is 26.2. The van der Waals surface area contributed by atoms with Crippen LogP contribution in [0.3, 0.4) is 0 Å². The van der Waals surface area contributed by atoms with Crippen LogP contribution in [0, 0.1) is 5.41 Å². The van der Waals surface area contributed by atoms with Gasteiger partial charge in [-0.2, -0.15) is 0 Å². The summed E-state index contributed by atoms with van der Waals surface area (Å²) in [6.07, 6.45) is 2.37. The van der Waals surface area contributed by atoms with E-state index in [0.717, 1.165) is 19.3 Å². The van der Waals surface area contributed by atoms with Gasteiger partial charge in [0.2, 0.25) is 0 Å². The van der Waals surface area contributed by atoms with E-state index in [1.54, 1.807) is 0 Å². The van der Waals surface area contributed by atoms with Crippen LogP contribution in [0.15, 0.2) is 0 Å². The van der Waals surface area contributed by atoms with Gasteiger partial charge in [-0.3, -0.25) is 0 Å². The van der Waals surface area contributed by atoms with Crippen LogP contribution in [0.2, 0.25) is 0 Å². The topological polar surface area (TPSA) is 60.7 Å². The predicted octanol–water partition coefficient (Wildman–Crippen LogP) is 0.140. The van der Waals surface area contributed by atoms with Crippen molar-refractivity contribution in [2.24, 2.45) is 5.41 Å². The normalized spacial score (nSPS) is 12.0. The fourth-order valence-corrected chi connectivity index (χ4v) is 0.872. The Balaban J connectivity index is 3.51. The van der Waals surface area contributed by atoms with Gasteiger partial charge in [-0.1, -0.05) is 13.3 Å². The molecule has 0 rings (SSSR count). The van der Waals surface area contributed by atoms with Crippen LogP contribution in [0.4, 0.5) is 0 Å². The molecule has 0 spiro atoms. The molecule has 0 bridgehead atoms. The summed E-state index contributed by atoms with van der Waals surface area (Å²) in [7, 11) is 0. The molecule has 0 aliphatic rings. The minimum absolute atomic E-state index is 0.00886. The van der Waals surface area contributed by atoms with Gasteiger partial charge in [0.1, 0.15) is 0 Å². The van der Waals surface area contributed by atoms with Crippen LogP contribution in [-0.4, -0.2) is 35.1 Å². The van der Waals surface area contributed by atoms with Gasteiger partial charge in [0, 0.05) is 12.0 Å². The third kappa shape index (κ3) is 4.35. The summed E-state index contributed by atoms with van der Waals surface area (Å²) in [5.74, 6) is 0. The fraction of sp³-hybridized carbons (Fsp3) is 1.00. The maximum atomic E-state index is 8.86. The van der Waals surface area contributed by atoms with Gasteiger partial charge < -0.3 is 15.3 Å². The molecule has 3 nitrogen and oxygen atoms in total. The Hall–Kier alpha value is -0.120. The lowest BCUT2D eigenvalue weighted by molar-refractivity contribution is 0.0594. The largest absolute Gasteiger partial charge is 0.396 e. The summed E-state index contributed by atoms with van der Waals surface area (Å²) in [5.41, 5.74) is -0.366. The van der Waals surface area contributed by atoms with Crippen molar-refractivity contribution in [3.63, 3.8) is 0 Å². The molecule has 0 heterocycles. The van der Waals surface area contributed by atoms with Gasteiger partial charge in [0.15, 0.2) is 0 Å². The highest BCUT2D eigenvalue weighted by Crippen LogP contribution is 2.21. The zero-order valence-electron chi connectivity index (χ0n) is 7.08. The number of unbranched alkanes of at least 4 members (excludes halogenated alkanes) is 1.